The molecule has 0 aliphatic carbocycles. The molecule has 0 atom stereocenters. The Hall–Kier alpha value is -4.34. The van der Waals surface area contributed by atoms with Crippen molar-refractivity contribution in [3.8, 4) is 22.8 Å². The predicted molar refractivity (Wildman–Crippen MR) is 99.4 cm³/mol. The molecule has 1 heterocycles. The number of primary amides is 2. The van der Waals surface area contributed by atoms with Crippen molar-refractivity contribution in [1.82, 2.24) is 9.97 Å². The Morgan fingerprint density at radius 3 is 2.07 bits per heavy atom. The molecule has 2 amide bonds. The van der Waals surface area contributed by atoms with Crippen molar-refractivity contribution in [2.75, 3.05) is 0 Å². The fourth-order valence-electron chi connectivity index (χ4n) is 2.10. The van der Waals surface area contributed by atoms with Gasteiger partial charge in [-0.05, 0) is 42.5 Å². The van der Waals surface area contributed by atoms with Crippen LogP contribution in [0.2, 0.25) is 0 Å². The number of carbonyl (C=O) groups is 2. The standard InChI is InChI=1S/C17H12N4O4.CH3NO/c18-16(22)17-19-10-9-15(20-17)11-1-5-13(6-2-11)25-14-7-3-12(4-8-14)21(23)24;2-1-3/h1-10H,(H2,18,22);1H,(H2,2,3). The lowest BCUT2D eigenvalue weighted by Crippen LogP contribution is -2.15. The fourth-order valence-corrected chi connectivity index (χ4v) is 2.10. The zero-order valence-corrected chi connectivity index (χ0v) is 14.4. The van der Waals surface area contributed by atoms with E-state index in [1.54, 1.807) is 30.3 Å². The maximum atomic E-state index is 11.1. The lowest BCUT2D eigenvalue weighted by molar-refractivity contribution is -0.384. The summed E-state index contributed by atoms with van der Waals surface area (Å²) in [6.45, 7) is 0. The summed E-state index contributed by atoms with van der Waals surface area (Å²) in [5.41, 5.74) is 10.7. The number of ether oxygens (including phenoxy) is 1. The van der Waals surface area contributed by atoms with Crippen LogP contribution < -0.4 is 16.2 Å². The highest BCUT2D eigenvalue weighted by Crippen LogP contribution is 2.26. The highest BCUT2D eigenvalue weighted by atomic mass is 16.6. The Morgan fingerprint density at radius 1 is 1.04 bits per heavy atom. The van der Waals surface area contributed by atoms with Crippen LogP contribution >= 0.6 is 0 Å². The van der Waals surface area contributed by atoms with Gasteiger partial charge in [0.1, 0.15) is 11.5 Å². The molecular weight excluding hydrogens is 366 g/mol. The van der Waals surface area contributed by atoms with Crippen molar-refractivity contribution in [3.05, 3.63) is 76.7 Å². The third kappa shape index (κ3) is 5.33. The summed E-state index contributed by atoms with van der Waals surface area (Å²) < 4.78 is 5.64. The second kappa shape index (κ2) is 9.38. The average molecular weight is 381 g/mol. The van der Waals surface area contributed by atoms with E-state index in [1.165, 1.54) is 30.5 Å². The number of amides is 2. The Balaban J connectivity index is 0.000000878. The molecule has 0 aliphatic heterocycles. The number of carbonyl (C=O) groups excluding carboxylic acids is 2. The molecule has 1 aromatic heterocycles. The topological polar surface area (TPSA) is 164 Å². The van der Waals surface area contributed by atoms with Crippen molar-refractivity contribution >= 4 is 18.0 Å². The molecule has 0 unspecified atom stereocenters. The Morgan fingerprint density at radius 2 is 1.57 bits per heavy atom. The number of nitro benzene ring substituents is 1. The van der Waals surface area contributed by atoms with Crippen LogP contribution in [-0.2, 0) is 4.79 Å². The molecule has 3 rings (SSSR count). The molecule has 0 spiro atoms. The molecule has 0 fully saturated rings. The summed E-state index contributed by atoms with van der Waals surface area (Å²) in [7, 11) is 0. The molecule has 0 saturated heterocycles. The third-order valence-electron chi connectivity index (χ3n) is 3.31. The van der Waals surface area contributed by atoms with Crippen LogP contribution in [0.4, 0.5) is 5.69 Å². The van der Waals surface area contributed by atoms with Gasteiger partial charge in [0.15, 0.2) is 0 Å². The lowest BCUT2D eigenvalue weighted by Gasteiger charge is -2.07. The quantitative estimate of drug-likeness (QED) is 0.388. The molecule has 0 aliphatic rings. The van der Waals surface area contributed by atoms with Crippen LogP contribution in [-0.4, -0.2) is 27.2 Å². The Bertz CT molecular complexity index is 974. The number of hydrogen-bond acceptors (Lipinski definition) is 7. The van der Waals surface area contributed by atoms with Crippen LogP contribution in [0.25, 0.3) is 11.3 Å². The summed E-state index contributed by atoms with van der Waals surface area (Å²) in [6.07, 6.45) is 1.71. The van der Waals surface area contributed by atoms with E-state index in [1.807, 2.05) is 0 Å². The van der Waals surface area contributed by atoms with Crippen LogP contribution in [0.3, 0.4) is 0 Å². The van der Waals surface area contributed by atoms with Gasteiger partial charge in [-0.25, -0.2) is 9.97 Å². The van der Waals surface area contributed by atoms with E-state index in [0.717, 1.165) is 5.56 Å². The number of nitro groups is 1. The van der Waals surface area contributed by atoms with Crippen LogP contribution in [0.15, 0.2) is 60.8 Å². The first-order chi connectivity index (χ1) is 13.4. The van der Waals surface area contributed by atoms with Gasteiger partial charge in [-0.3, -0.25) is 19.7 Å². The summed E-state index contributed by atoms with van der Waals surface area (Å²) >= 11 is 0. The first kappa shape index (κ1) is 20.0. The number of aromatic nitrogens is 2. The van der Waals surface area contributed by atoms with Gasteiger partial charge < -0.3 is 16.2 Å². The number of non-ortho nitro benzene ring substituents is 1. The molecular formula is C18H15N5O5. The van der Waals surface area contributed by atoms with Gasteiger partial charge in [-0.15, -0.1) is 0 Å². The number of rotatable bonds is 5. The van der Waals surface area contributed by atoms with Crippen LogP contribution in [0, 0.1) is 10.1 Å². The summed E-state index contributed by atoms with van der Waals surface area (Å²) in [4.78, 5) is 37.8. The zero-order valence-electron chi connectivity index (χ0n) is 14.4. The number of nitrogens with zero attached hydrogens (tertiary/aromatic N) is 3. The fraction of sp³-hybridized carbons (Fsp3) is 0. The molecule has 2 aromatic carbocycles. The largest absolute Gasteiger partial charge is 0.457 e. The number of nitrogens with two attached hydrogens (primary N) is 2. The van der Waals surface area contributed by atoms with E-state index in [-0.39, 0.29) is 17.9 Å². The summed E-state index contributed by atoms with van der Waals surface area (Å²) in [5.74, 6) is 0.293. The predicted octanol–water partition coefficient (Wildman–Crippen LogP) is 2.04. The monoisotopic (exact) mass is 381 g/mol. The van der Waals surface area contributed by atoms with Gasteiger partial charge >= 0.3 is 0 Å². The maximum absolute atomic E-state index is 11.1. The van der Waals surface area contributed by atoms with Crippen LogP contribution in [0.1, 0.15) is 10.6 Å². The minimum absolute atomic E-state index is 0.00304. The first-order valence-corrected chi connectivity index (χ1v) is 7.75. The highest BCUT2D eigenvalue weighted by molar-refractivity contribution is 5.89. The minimum atomic E-state index is -0.694. The smallest absolute Gasteiger partial charge is 0.286 e. The number of benzene rings is 2. The summed E-state index contributed by atoms with van der Waals surface area (Å²) in [5, 5.41) is 10.6. The van der Waals surface area contributed by atoms with E-state index in [4.69, 9.17) is 15.3 Å². The van der Waals surface area contributed by atoms with E-state index >= 15 is 0 Å². The van der Waals surface area contributed by atoms with Gasteiger partial charge in [-0.1, -0.05) is 0 Å². The highest BCUT2D eigenvalue weighted by Gasteiger charge is 2.08. The minimum Gasteiger partial charge on any atom is -0.457 e. The van der Waals surface area contributed by atoms with E-state index in [0.29, 0.717) is 17.2 Å². The normalized spacial score (nSPS) is 9.57. The van der Waals surface area contributed by atoms with Gasteiger partial charge in [0, 0.05) is 23.9 Å². The molecule has 28 heavy (non-hydrogen) atoms. The summed E-state index contributed by atoms with van der Waals surface area (Å²) in [6, 6.07) is 14.4. The van der Waals surface area contributed by atoms with Gasteiger partial charge in [0.25, 0.3) is 11.6 Å². The Kier molecular flexibility index (Phi) is 6.69. The van der Waals surface area contributed by atoms with Gasteiger partial charge in [0.2, 0.25) is 12.2 Å². The molecule has 10 heteroatoms. The van der Waals surface area contributed by atoms with Crippen molar-refractivity contribution in [2.24, 2.45) is 11.5 Å². The van der Waals surface area contributed by atoms with E-state index < -0.39 is 10.8 Å². The SMILES string of the molecule is NC(=O)c1nccc(-c2ccc(Oc3ccc([N+](=O)[O-])cc3)cc2)n1.NC=O. The van der Waals surface area contributed by atoms with Gasteiger partial charge in [-0.2, -0.15) is 0 Å². The second-order valence-electron chi connectivity index (χ2n) is 5.14. The first-order valence-electron chi connectivity index (χ1n) is 7.75. The molecule has 0 saturated carbocycles. The van der Waals surface area contributed by atoms with E-state index in [9.17, 15) is 14.9 Å². The van der Waals surface area contributed by atoms with Crippen molar-refractivity contribution in [3.63, 3.8) is 0 Å². The Labute approximate surface area is 158 Å². The van der Waals surface area contributed by atoms with Crippen LogP contribution in [0.5, 0.6) is 11.5 Å². The van der Waals surface area contributed by atoms with Crippen molar-refractivity contribution in [2.45, 2.75) is 0 Å². The molecule has 10 nitrogen and oxygen atoms in total. The van der Waals surface area contributed by atoms with E-state index in [2.05, 4.69) is 15.7 Å². The molecule has 0 bridgehead atoms. The van der Waals surface area contributed by atoms with Crippen molar-refractivity contribution < 1.29 is 19.2 Å². The lowest BCUT2D eigenvalue weighted by atomic mass is 10.1. The number of hydrogen-bond donors (Lipinski definition) is 2. The van der Waals surface area contributed by atoms with Crippen molar-refractivity contribution in [1.29, 1.82) is 0 Å². The molecule has 0 radical (unpaired) electrons. The average Bonchev–Trinajstić information content (AvgIpc) is 2.70. The molecule has 3 aromatic rings. The zero-order chi connectivity index (χ0) is 20.5. The second-order valence-corrected chi connectivity index (χ2v) is 5.14. The van der Waals surface area contributed by atoms with Gasteiger partial charge in [0.05, 0.1) is 10.6 Å². The molecule has 142 valence electrons. The molecule has 4 N–H and O–H groups in total. The maximum Gasteiger partial charge on any atom is 0.286 e. The third-order valence-corrected chi connectivity index (χ3v) is 3.31.